The van der Waals surface area contributed by atoms with Gasteiger partial charge >= 0.3 is 0 Å². The highest BCUT2D eigenvalue weighted by Gasteiger charge is 2.12. The first-order chi connectivity index (χ1) is 16.7. The summed E-state index contributed by atoms with van der Waals surface area (Å²) in [6.07, 6.45) is 18.5. The molecule has 3 aliphatic rings. The second kappa shape index (κ2) is 39.4. The minimum absolute atomic E-state index is 0.833. The Bertz CT molecular complexity index is 298. The molecule has 3 aliphatic carbocycles. The van der Waals surface area contributed by atoms with Gasteiger partial charge in [-0.3, -0.25) is 0 Å². The third-order valence-corrected chi connectivity index (χ3v) is 5.07. The van der Waals surface area contributed by atoms with E-state index in [1.165, 1.54) is 90.0 Å². The van der Waals surface area contributed by atoms with Crippen molar-refractivity contribution in [2.75, 3.05) is 41.8 Å². The average Bonchev–Trinajstić information content (AvgIpc) is 3.37. The summed E-state index contributed by atoms with van der Waals surface area (Å²) in [4.78, 5) is 4.18. The van der Waals surface area contributed by atoms with E-state index in [9.17, 15) is 0 Å². The summed E-state index contributed by atoms with van der Waals surface area (Å²) in [5.74, 6) is 4.03. The fraction of sp³-hybridized carbons (Fsp3) is 1.00. The molecule has 36 heavy (non-hydrogen) atoms. The van der Waals surface area contributed by atoms with Crippen LogP contribution in [0.25, 0.3) is 0 Å². The molecule has 0 spiro atoms. The van der Waals surface area contributed by atoms with Crippen LogP contribution in [0.15, 0.2) is 0 Å². The largest absolute Gasteiger partial charge is 0.312 e. The predicted molar refractivity (Wildman–Crippen MR) is 175 cm³/mol. The third kappa shape index (κ3) is 92.6. The Morgan fingerprint density at radius 2 is 0.778 bits per heavy atom. The highest BCUT2D eigenvalue weighted by molar-refractivity contribution is 4.65. The fourth-order valence-corrected chi connectivity index (χ4v) is 2.36. The van der Waals surface area contributed by atoms with Gasteiger partial charge in [0.1, 0.15) is 0 Å². The third-order valence-electron chi connectivity index (χ3n) is 5.07. The molecule has 0 atom stereocenters. The van der Waals surface area contributed by atoms with Gasteiger partial charge in [0.2, 0.25) is 0 Å². The van der Waals surface area contributed by atoms with E-state index in [4.69, 9.17) is 0 Å². The van der Waals surface area contributed by atoms with Gasteiger partial charge in [-0.2, -0.15) is 0 Å². The Hall–Kier alpha value is -0.0800. The zero-order valence-electron chi connectivity index (χ0n) is 29.1. The predicted octanol–water partition coefficient (Wildman–Crippen LogP) is 11.4. The summed E-state index contributed by atoms with van der Waals surface area (Å²) in [5.41, 5.74) is 0. The van der Waals surface area contributed by atoms with Gasteiger partial charge in [0, 0.05) is 0 Å². The van der Waals surface area contributed by atoms with Crippen LogP contribution in [0.2, 0.25) is 0 Å². The number of hydrogen-bond donors (Lipinski definition) is 0. The quantitative estimate of drug-likeness (QED) is 0.368. The maximum atomic E-state index is 2.34. The standard InChI is InChI=1S/C6H12.C5H13N.C5H10.C4H8.2C4H10.C3H9N.C3H8/c1-6-4-2-3-5-6;1-4-5-6(2)3;1-5-3-2-4-5;1-4-2-3-4;1-4(2)3;1-3-4-2;1-4(2)3;1-3-2/h6H,2-5H2,1H3;4-5H2,1-3H3;5H,2-4H2,1H3;4H,2-3H2,1H3;4H,1-3H3;3-4H2,1-2H3;1-3H3;3H2,1-2H3. The van der Waals surface area contributed by atoms with Crippen molar-refractivity contribution in [2.45, 2.75) is 160 Å². The molecule has 0 aromatic rings. The molecule has 0 aromatic carbocycles. The summed E-state index contributed by atoms with van der Waals surface area (Å²) < 4.78 is 0. The van der Waals surface area contributed by atoms with Crippen molar-refractivity contribution in [3.05, 3.63) is 0 Å². The van der Waals surface area contributed by atoms with Gasteiger partial charge in [0.15, 0.2) is 0 Å². The summed E-state index contributed by atoms with van der Waals surface area (Å²) in [7, 11) is 10.2. The summed E-state index contributed by atoms with van der Waals surface area (Å²) in [5, 5.41) is 0. The molecule has 0 amide bonds. The highest BCUT2D eigenvalue weighted by Crippen LogP contribution is 2.26. The molecule has 2 nitrogen and oxygen atoms in total. The fourth-order valence-electron chi connectivity index (χ4n) is 2.36. The molecular weight excluding hydrogens is 436 g/mol. The van der Waals surface area contributed by atoms with Crippen LogP contribution >= 0.6 is 0 Å². The first kappa shape index (κ1) is 45.8. The van der Waals surface area contributed by atoms with Gasteiger partial charge in [-0.1, -0.05) is 153 Å². The molecule has 226 valence electrons. The van der Waals surface area contributed by atoms with E-state index in [0.29, 0.717) is 0 Å². The van der Waals surface area contributed by atoms with Crippen molar-refractivity contribution >= 4 is 0 Å². The van der Waals surface area contributed by atoms with Crippen LogP contribution in [0.3, 0.4) is 0 Å². The second-order valence-corrected chi connectivity index (χ2v) is 12.7. The molecule has 3 fully saturated rings. The molecule has 0 saturated heterocycles. The van der Waals surface area contributed by atoms with Crippen LogP contribution in [0.1, 0.15) is 160 Å². The SMILES string of the molecule is CC(C)C.CC1CC1.CC1CCC1.CC1CCCC1.CCC.CCCC.CCCN(C)C.CN(C)C. The van der Waals surface area contributed by atoms with Crippen molar-refractivity contribution in [1.82, 2.24) is 9.80 Å². The smallest absolute Gasteiger partial charge is 0.00275 e. The van der Waals surface area contributed by atoms with E-state index >= 15 is 0 Å². The van der Waals surface area contributed by atoms with E-state index in [-0.39, 0.29) is 0 Å². The topological polar surface area (TPSA) is 6.48 Å². The molecule has 0 bridgehead atoms. The van der Waals surface area contributed by atoms with Gasteiger partial charge < -0.3 is 9.80 Å². The number of nitrogens with zero attached hydrogens (tertiary/aromatic N) is 2. The van der Waals surface area contributed by atoms with Crippen molar-refractivity contribution in [2.24, 2.45) is 23.7 Å². The lowest BCUT2D eigenvalue weighted by atomic mass is 9.88. The lowest BCUT2D eigenvalue weighted by Gasteiger charge is -2.18. The minimum Gasteiger partial charge on any atom is -0.312 e. The van der Waals surface area contributed by atoms with E-state index in [1.54, 1.807) is 0 Å². The molecule has 3 rings (SSSR count). The molecule has 0 heterocycles. The van der Waals surface area contributed by atoms with Crippen LogP contribution in [0.5, 0.6) is 0 Å². The van der Waals surface area contributed by atoms with Gasteiger partial charge in [0.25, 0.3) is 0 Å². The van der Waals surface area contributed by atoms with Gasteiger partial charge in [0.05, 0.1) is 0 Å². The lowest BCUT2D eigenvalue weighted by Crippen LogP contribution is -2.11. The second-order valence-electron chi connectivity index (χ2n) is 12.7. The van der Waals surface area contributed by atoms with E-state index < -0.39 is 0 Å². The zero-order valence-corrected chi connectivity index (χ0v) is 29.1. The van der Waals surface area contributed by atoms with Crippen molar-refractivity contribution in [3.63, 3.8) is 0 Å². The maximum absolute atomic E-state index is 2.34. The summed E-state index contributed by atoms with van der Waals surface area (Å²) >= 11 is 0. The average molecular weight is 517 g/mol. The molecule has 0 unspecified atom stereocenters. The minimum atomic E-state index is 0.833. The normalized spacial score (nSPS) is 15.8. The Labute approximate surface area is 234 Å². The van der Waals surface area contributed by atoms with Crippen LogP contribution in [-0.2, 0) is 0 Å². The van der Waals surface area contributed by atoms with Crippen LogP contribution < -0.4 is 0 Å². The Kier molecular flexibility index (Phi) is 50.2. The molecule has 0 N–H and O–H groups in total. The Morgan fingerprint density at radius 3 is 0.806 bits per heavy atom. The molecule has 0 radical (unpaired) electrons. The van der Waals surface area contributed by atoms with Crippen molar-refractivity contribution in [1.29, 1.82) is 0 Å². The van der Waals surface area contributed by atoms with Gasteiger partial charge in [-0.25, -0.2) is 0 Å². The van der Waals surface area contributed by atoms with E-state index in [0.717, 1.165) is 23.7 Å². The van der Waals surface area contributed by atoms with Crippen LogP contribution in [-0.4, -0.2) is 51.6 Å². The summed E-state index contributed by atoms with van der Waals surface area (Å²) in [6.45, 7) is 25.4. The van der Waals surface area contributed by atoms with E-state index in [2.05, 4.69) is 95.2 Å². The van der Waals surface area contributed by atoms with Gasteiger partial charge in [-0.15, -0.1) is 0 Å². The number of hydrogen-bond acceptors (Lipinski definition) is 2. The molecular formula is C34H80N2. The first-order valence-electron chi connectivity index (χ1n) is 16.0. The maximum Gasteiger partial charge on any atom is -0.00275 e. The molecule has 0 aromatic heterocycles. The van der Waals surface area contributed by atoms with Crippen molar-refractivity contribution < 1.29 is 0 Å². The van der Waals surface area contributed by atoms with Gasteiger partial charge in [-0.05, 0) is 71.9 Å². The van der Waals surface area contributed by atoms with E-state index in [1.807, 2.05) is 26.0 Å². The molecule has 0 aliphatic heterocycles. The number of rotatable bonds is 3. The lowest BCUT2D eigenvalue weighted by molar-refractivity contribution is 0.346. The number of unbranched alkanes of at least 4 members (excludes halogenated alkanes) is 1. The summed E-state index contributed by atoms with van der Waals surface area (Å²) in [6, 6.07) is 0. The van der Waals surface area contributed by atoms with Crippen molar-refractivity contribution in [3.8, 4) is 0 Å². The first-order valence-corrected chi connectivity index (χ1v) is 16.0. The Morgan fingerprint density at radius 1 is 0.528 bits per heavy atom. The zero-order chi connectivity index (χ0) is 29.4. The van der Waals surface area contributed by atoms with Crippen LogP contribution in [0.4, 0.5) is 0 Å². The van der Waals surface area contributed by atoms with Crippen LogP contribution in [0, 0.1) is 23.7 Å². The Balaban J connectivity index is -0.000000103. The molecule has 2 heteroatoms. The highest BCUT2D eigenvalue weighted by atomic mass is 15.0. The monoisotopic (exact) mass is 517 g/mol. The molecule has 3 saturated carbocycles.